The number of nitro benzene ring substituents is 1. The van der Waals surface area contributed by atoms with Crippen LogP contribution in [0.5, 0.6) is 11.5 Å². The van der Waals surface area contributed by atoms with E-state index in [2.05, 4.69) is 0 Å². The number of nitrogens with zero attached hydrogens (tertiary/aromatic N) is 2. The number of nitro groups is 1. The summed E-state index contributed by atoms with van der Waals surface area (Å²) in [5, 5.41) is 11.5. The third kappa shape index (κ3) is 5.63. The Morgan fingerprint density at radius 1 is 1.11 bits per heavy atom. The van der Waals surface area contributed by atoms with E-state index in [9.17, 15) is 14.5 Å². The molecule has 7 nitrogen and oxygen atoms in total. The average molecular weight is 377 g/mol. The van der Waals surface area contributed by atoms with Crippen molar-refractivity contribution in [3.63, 3.8) is 0 Å². The Morgan fingerprint density at radius 3 is 2.30 bits per heavy atom. The van der Waals surface area contributed by atoms with Crippen LogP contribution in [0.15, 0.2) is 36.4 Å². The molecule has 2 N–H and O–H groups in total. The first kappa shape index (κ1) is 20.6. The summed E-state index contributed by atoms with van der Waals surface area (Å²) in [4.78, 5) is 13.1. The molecule has 8 heteroatoms. The molecule has 0 aliphatic rings. The summed E-state index contributed by atoms with van der Waals surface area (Å²) in [6.45, 7) is 2.01. The van der Waals surface area contributed by atoms with Crippen LogP contribution in [0.4, 0.5) is 10.1 Å². The SMILES string of the molecule is COc1cc(CN(CCCN)Cc2ccc(F)cc2)c([N+](=O)[O-])cc1OC. The van der Waals surface area contributed by atoms with Gasteiger partial charge < -0.3 is 15.2 Å². The minimum Gasteiger partial charge on any atom is -0.493 e. The van der Waals surface area contributed by atoms with Gasteiger partial charge >= 0.3 is 0 Å². The minimum atomic E-state index is -0.434. The number of ether oxygens (including phenoxy) is 2. The van der Waals surface area contributed by atoms with Crippen LogP contribution in [-0.4, -0.2) is 37.1 Å². The van der Waals surface area contributed by atoms with Gasteiger partial charge in [0, 0.05) is 25.2 Å². The molecule has 0 heterocycles. The number of nitrogens with two attached hydrogens (primary N) is 1. The predicted octanol–water partition coefficient (Wildman–Crippen LogP) is 3.10. The zero-order valence-corrected chi connectivity index (χ0v) is 15.5. The molecule has 0 saturated heterocycles. The van der Waals surface area contributed by atoms with Gasteiger partial charge in [-0.3, -0.25) is 15.0 Å². The van der Waals surface area contributed by atoms with Gasteiger partial charge in [-0.1, -0.05) is 12.1 Å². The van der Waals surface area contributed by atoms with Crippen molar-refractivity contribution in [1.29, 1.82) is 0 Å². The lowest BCUT2D eigenvalue weighted by molar-refractivity contribution is -0.385. The molecule has 0 aromatic heterocycles. The van der Waals surface area contributed by atoms with Crippen molar-refractivity contribution in [3.8, 4) is 11.5 Å². The molecule has 2 aromatic rings. The molecule has 0 amide bonds. The zero-order chi connectivity index (χ0) is 19.8. The Labute approximate surface area is 157 Å². The van der Waals surface area contributed by atoms with Gasteiger partial charge in [0.2, 0.25) is 0 Å². The fourth-order valence-electron chi connectivity index (χ4n) is 2.82. The Hall–Kier alpha value is -2.71. The number of hydrogen-bond acceptors (Lipinski definition) is 6. The second-order valence-electron chi connectivity index (χ2n) is 6.07. The van der Waals surface area contributed by atoms with Crippen LogP contribution in [0.3, 0.4) is 0 Å². The van der Waals surface area contributed by atoms with E-state index in [1.54, 1.807) is 18.2 Å². The van der Waals surface area contributed by atoms with E-state index in [1.807, 2.05) is 4.90 Å². The van der Waals surface area contributed by atoms with E-state index in [0.717, 1.165) is 12.0 Å². The van der Waals surface area contributed by atoms with Crippen LogP contribution in [0.25, 0.3) is 0 Å². The van der Waals surface area contributed by atoms with Crippen molar-refractivity contribution in [2.45, 2.75) is 19.5 Å². The van der Waals surface area contributed by atoms with E-state index in [4.69, 9.17) is 15.2 Å². The van der Waals surface area contributed by atoms with Gasteiger partial charge in [0.1, 0.15) is 5.82 Å². The molecule has 0 spiro atoms. The minimum absolute atomic E-state index is 0.0375. The highest BCUT2D eigenvalue weighted by molar-refractivity contribution is 5.54. The largest absolute Gasteiger partial charge is 0.493 e. The first-order valence-electron chi connectivity index (χ1n) is 8.54. The van der Waals surface area contributed by atoms with Crippen LogP contribution >= 0.6 is 0 Å². The number of methoxy groups -OCH3 is 2. The van der Waals surface area contributed by atoms with Crippen molar-refractivity contribution in [3.05, 3.63) is 63.5 Å². The molecule has 0 aliphatic carbocycles. The topological polar surface area (TPSA) is 90.9 Å². The normalized spacial score (nSPS) is 10.9. The number of halogens is 1. The lowest BCUT2D eigenvalue weighted by atomic mass is 10.1. The molecule has 2 aromatic carbocycles. The molecule has 0 bridgehead atoms. The second kappa shape index (κ2) is 9.84. The number of benzene rings is 2. The zero-order valence-electron chi connectivity index (χ0n) is 15.5. The van der Waals surface area contributed by atoms with Crippen molar-refractivity contribution >= 4 is 5.69 Å². The quantitative estimate of drug-likeness (QED) is 0.505. The maximum absolute atomic E-state index is 13.1. The second-order valence-corrected chi connectivity index (χ2v) is 6.07. The predicted molar refractivity (Wildman–Crippen MR) is 100 cm³/mol. The lowest BCUT2D eigenvalue weighted by Gasteiger charge is -2.23. The average Bonchev–Trinajstić information content (AvgIpc) is 2.67. The van der Waals surface area contributed by atoms with Gasteiger partial charge in [0.25, 0.3) is 5.69 Å². The lowest BCUT2D eigenvalue weighted by Crippen LogP contribution is -2.26. The fraction of sp³-hybridized carbons (Fsp3) is 0.368. The number of hydrogen-bond donors (Lipinski definition) is 1. The van der Waals surface area contributed by atoms with E-state index >= 15 is 0 Å². The summed E-state index contributed by atoms with van der Waals surface area (Å²) in [5.41, 5.74) is 7.01. The highest BCUT2D eigenvalue weighted by atomic mass is 19.1. The molecular weight excluding hydrogens is 353 g/mol. The van der Waals surface area contributed by atoms with Crippen molar-refractivity contribution in [1.82, 2.24) is 4.90 Å². The van der Waals surface area contributed by atoms with Crippen LogP contribution in [0.1, 0.15) is 17.5 Å². The fourth-order valence-corrected chi connectivity index (χ4v) is 2.82. The summed E-state index contributed by atoms with van der Waals surface area (Å²) in [7, 11) is 2.92. The van der Waals surface area contributed by atoms with Crippen LogP contribution in [0.2, 0.25) is 0 Å². The summed E-state index contributed by atoms with van der Waals surface area (Å²) in [5.74, 6) is 0.432. The molecule has 0 aliphatic heterocycles. The molecule has 0 unspecified atom stereocenters. The van der Waals surface area contributed by atoms with Gasteiger partial charge in [0.15, 0.2) is 11.5 Å². The van der Waals surface area contributed by atoms with E-state index in [-0.39, 0.29) is 11.5 Å². The third-order valence-electron chi connectivity index (χ3n) is 4.17. The first-order chi connectivity index (χ1) is 13.0. The van der Waals surface area contributed by atoms with Gasteiger partial charge in [-0.15, -0.1) is 0 Å². The molecular formula is C19H24FN3O4. The Kier molecular flexibility index (Phi) is 7.51. The van der Waals surface area contributed by atoms with Crippen molar-refractivity contribution < 1.29 is 18.8 Å². The summed E-state index contributed by atoms with van der Waals surface area (Å²) < 4.78 is 23.6. The Morgan fingerprint density at radius 2 is 1.74 bits per heavy atom. The Balaban J connectivity index is 2.31. The molecule has 0 atom stereocenters. The first-order valence-corrected chi connectivity index (χ1v) is 8.54. The van der Waals surface area contributed by atoms with Crippen molar-refractivity contribution in [2.75, 3.05) is 27.3 Å². The van der Waals surface area contributed by atoms with Crippen LogP contribution < -0.4 is 15.2 Å². The standard InChI is InChI=1S/C19H24FN3O4/c1-26-18-10-15(17(23(24)25)11-19(18)27-2)13-22(9-3-8-21)12-14-4-6-16(20)7-5-14/h4-7,10-11H,3,8-9,12-13,21H2,1-2H3. The molecule has 0 fully saturated rings. The summed E-state index contributed by atoms with van der Waals surface area (Å²) in [6.07, 6.45) is 0.738. The van der Waals surface area contributed by atoms with E-state index in [0.29, 0.717) is 43.2 Å². The van der Waals surface area contributed by atoms with Gasteiger partial charge in [-0.25, -0.2) is 4.39 Å². The van der Waals surface area contributed by atoms with Gasteiger partial charge in [0.05, 0.1) is 25.2 Å². The third-order valence-corrected chi connectivity index (χ3v) is 4.17. The van der Waals surface area contributed by atoms with Crippen LogP contribution in [-0.2, 0) is 13.1 Å². The maximum atomic E-state index is 13.1. The Bertz CT molecular complexity index is 768. The smallest absolute Gasteiger partial charge is 0.277 e. The number of rotatable bonds is 10. The molecule has 0 radical (unpaired) electrons. The summed E-state index contributed by atoms with van der Waals surface area (Å²) >= 11 is 0. The van der Waals surface area contributed by atoms with Gasteiger partial charge in [-0.2, -0.15) is 0 Å². The monoisotopic (exact) mass is 377 g/mol. The summed E-state index contributed by atoms with van der Waals surface area (Å²) in [6, 6.07) is 9.19. The van der Waals surface area contributed by atoms with E-state index < -0.39 is 4.92 Å². The van der Waals surface area contributed by atoms with E-state index in [1.165, 1.54) is 32.4 Å². The molecule has 0 saturated carbocycles. The van der Waals surface area contributed by atoms with Gasteiger partial charge in [-0.05, 0) is 36.7 Å². The molecule has 146 valence electrons. The maximum Gasteiger partial charge on any atom is 0.277 e. The highest BCUT2D eigenvalue weighted by Gasteiger charge is 2.21. The molecule has 2 rings (SSSR count). The van der Waals surface area contributed by atoms with Crippen molar-refractivity contribution in [2.24, 2.45) is 5.73 Å². The molecule has 27 heavy (non-hydrogen) atoms. The highest BCUT2D eigenvalue weighted by Crippen LogP contribution is 2.35. The van der Waals surface area contributed by atoms with Crippen LogP contribution in [0, 0.1) is 15.9 Å².